The number of halogens is 1. The molecule has 23 heavy (non-hydrogen) atoms. The van der Waals surface area contributed by atoms with E-state index in [-0.39, 0.29) is 36.1 Å². The van der Waals surface area contributed by atoms with Gasteiger partial charge in [0.05, 0.1) is 25.3 Å². The minimum absolute atomic E-state index is 0. The van der Waals surface area contributed by atoms with Gasteiger partial charge in [0, 0.05) is 24.0 Å². The smallest absolute Gasteiger partial charge is 0.188 e. The lowest BCUT2D eigenvalue weighted by molar-refractivity contribution is -0.0327. The Balaban J connectivity index is 0.00000264. The number of aliphatic imine (C=N–C) groups is 1. The molecule has 1 aromatic rings. The molecule has 0 saturated carbocycles. The zero-order valence-electron chi connectivity index (χ0n) is 14.2. The molecule has 1 aromatic heterocycles. The fourth-order valence-electron chi connectivity index (χ4n) is 2.58. The van der Waals surface area contributed by atoms with Gasteiger partial charge in [0.25, 0.3) is 0 Å². The number of hydrogen-bond acceptors (Lipinski definition) is 4. The van der Waals surface area contributed by atoms with E-state index in [9.17, 15) is 0 Å². The standard InChI is InChI=1S/C16H28N4OS.HI/c1-4-12(2)19-16(17)18-10-14(15-6-5-9-22-15)20-7-8-21-13(3)11-20;/h5-6,9,12-14H,4,7-8,10-11H2,1-3H3,(H3,17,18,19);1H. The summed E-state index contributed by atoms with van der Waals surface area (Å²) in [6.45, 7) is 9.73. The molecular formula is C16H29IN4OS. The van der Waals surface area contributed by atoms with Crippen LogP contribution < -0.4 is 11.1 Å². The van der Waals surface area contributed by atoms with Crippen LogP contribution in [-0.2, 0) is 4.74 Å². The van der Waals surface area contributed by atoms with Crippen molar-refractivity contribution >= 4 is 41.3 Å². The van der Waals surface area contributed by atoms with Gasteiger partial charge in [-0.15, -0.1) is 35.3 Å². The first-order valence-corrected chi connectivity index (χ1v) is 8.93. The van der Waals surface area contributed by atoms with Gasteiger partial charge in [0.15, 0.2) is 5.96 Å². The van der Waals surface area contributed by atoms with Crippen molar-refractivity contribution in [1.29, 1.82) is 0 Å². The third-order valence-corrected chi connectivity index (χ3v) is 5.00. The van der Waals surface area contributed by atoms with Crippen molar-refractivity contribution in [3.8, 4) is 0 Å². The Labute approximate surface area is 160 Å². The maximum absolute atomic E-state index is 6.01. The highest BCUT2D eigenvalue weighted by Gasteiger charge is 2.26. The minimum atomic E-state index is 0. The van der Waals surface area contributed by atoms with E-state index in [2.05, 4.69) is 53.5 Å². The normalized spacial score (nSPS) is 22.2. The van der Waals surface area contributed by atoms with E-state index in [0.717, 1.165) is 26.1 Å². The van der Waals surface area contributed by atoms with Gasteiger partial charge in [-0.2, -0.15) is 0 Å². The summed E-state index contributed by atoms with van der Waals surface area (Å²) in [6.07, 6.45) is 1.31. The predicted octanol–water partition coefficient (Wildman–Crippen LogP) is 2.83. The second kappa shape index (κ2) is 10.5. The molecule has 3 atom stereocenters. The Morgan fingerprint density at radius 1 is 1.61 bits per heavy atom. The Morgan fingerprint density at radius 3 is 3.00 bits per heavy atom. The first-order chi connectivity index (χ1) is 10.6. The van der Waals surface area contributed by atoms with Gasteiger partial charge in [0.2, 0.25) is 0 Å². The Hall–Kier alpha value is -0.380. The first-order valence-electron chi connectivity index (χ1n) is 8.05. The van der Waals surface area contributed by atoms with Gasteiger partial charge >= 0.3 is 0 Å². The van der Waals surface area contributed by atoms with Gasteiger partial charge < -0.3 is 15.8 Å². The Morgan fingerprint density at radius 2 is 2.39 bits per heavy atom. The maximum Gasteiger partial charge on any atom is 0.188 e. The van der Waals surface area contributed by atoms with Crippen molar-refractivity contribution < 1.29 is 4.74 Å². The van der Waals surface area contributed by atoms with Gasteiger partial charge in [-0.25, -0.2) is 0 Å². The molecule has 3 unspecified atom stereocenters. The average Bonchev–Trinajstić information content (AvgIpc) is 3.01. The van der Waals surface area contributed by atoms with Crippen molar-refractivity contribution in [3.63, 3.8) is 0 Å². The highest BCUT2D eigenvalue weighted by Crippen LogP contribution is 2.27. The summed E-state index contributed by atoms with van der Waals surface area (Å²) in [5.41, 5.74) is 6.01. The van der Waals surface area contributed by atoms with Gasteiger partial charge in [0.1, 0.15) is 0 Å². The molecule has 1 aliphatic heterocycles. The lowest BCUT2D eigenvalue weighted by Gasteiger charge is -2.36. The quantitative estimate of drug-likeness (QED) is 0.396. The largest absolute Gasteiger partial charge is 0.376 e. The summed E-state index contributed by atoms with van der Waals surface area (Å²) in [4.78, 5) is 8.38. The van der Waals surface area contributed by atoms with E-state index < -0.39 is 0 Å². The fraction of sp³-hybridized carbons (Fsp3) is 0.688. The van der Waals surface area contributed by atoms with E-state index in [1.807, 2.05) is 0 Å². The molecule has 0 amide bonds. The predicted molar refractivity (Wildman–Crippen MR) is 109 cm³/mol. The van der Waals surface area contributed by atoms with Gasteiger partial charge in [-0.05, 0) is 31.7 Å². The second-order valence-corrected chi connectivity index (χ2v) is 6.87. The molecule has 7 heteroatoms. The van der Waals surface area contributed by atoms with Crippen LogP contribution in [0.2, 0.25) is 0 Å². The molecule has 1 fully saturated rings. The molecular weight excluding hydrogens is 423 g/mol. The fourth-order valence-corrected chi connectivity index (χ4v) is 3.43. The molecule has 0 spiro atoms. The molecule has 132 valence electrons. The molecule has 0 aromatic carbocycles. The summed E-state index contributed by atoms with van der Waals surface area (Å²) in [7, 11) is 0. The Bertz CT molecular complexity index is 469. The van der Waals surface area contributed by atoms with Crippen molar-refractivity contribution in [1.82, 2.24) is 10.2 Å². The number of nitrogens with two attached hydrogens (primary N) is 1. The van der Waals surface area contributed by atoms with E-state index in [1.54, 1.807) is 11.3 Å². The average molecular weight is 452 g/mol. The van der Waals surface area contributed by atoms with Crippen LogP contribution in [0.5, 0.6) is 0 Å². The highest BCUT2D eigenvalue weighted by molar-refractivity contribution is 14.0. The van der Waals surface area contributed by atoms with Crippen molar-refractivity contribution in [2.75, 3.05) is 26.2 Å². The van der Waals surface area contributed by atoms with Gasteiger partial charge in [-0.3, -0.25) is 9.89 Å². The molecule has 5 nitrogen and oxygen atoms in total. The van der Waals surface area contributed by atoms with Crippen LogP contribution in [0, 0.1) is 0 Å². The van der Waals surface area contributed by atoms with E-state index >= 15 is 0 Å². The summed E-state index contributed by atoms with van der Waals surface area (Å²) >= 11 is 1.78. The molecule has 0 aliphatic carbocycles. The lowest BCUT2D eigenvalue weighted by Crippen LogP contribution is -2.44. The van der Waals surface area contributed by atoms with Crippen LogP contribution in [0.3, 0.4) is 0 Å². The zero-order valence-corrected chi connectivity index (χ0v) is 17.3. The third kappa shape index (κ3) is 6.56. The molecule has 0 radical (unpaired) electrons. The summed E-state index contributed by atoms with van der Waals surface area (Å²) in [6, 6.07) is 4.92. The second-order valence-electron chi connectivity index (χ2n) is 5.89. The van der Waals surface area contributed by atoms with Crippen LogP contribution in [0.25, 0.3) is 0 Å². The number of guanidine groups is 1. The number of nitrogens with zero attached hydrogens (tertiary/aromatic N) is 2. The molecule has 1 saturated heterocycles. The SMILES string of the molecule is CCC(C)NC(N)=NCC(c1cccs1)N1CCOC(C)C1.I. The number of ether oxygens (including phenoxy) is 1. The number of hydrogen-bond donors (Lipinski definition) is 2. The highest BCUT2D eigenvalue weighted by atomic mass is 127. The Kier molecular flexibility index (Phi) is 9.41. The number of morpholine rings is 1. The maximum atomic E-state index is 6.01. The zero-order chi connectivity index (χ0) is 15.9. The van der Waals surface area contributed by atoms with Crippen LogP contribution in [-0.4, -0.2) is 49.2 Å². The number of rotatable bonds is 6. The van der Waals surface area contributed by atoms with Crippen molar-refractivity contribution in [3.05, 3.63) is 22.4 Å². The molecule has 2 rings (SSSR count). The molecule has 1 aliphatic rings. The van der Waals surface area contributed by atoms with Crippen LogP contribution >= 0.6 is 35.3 Å². The van der Waals surface area contributed by atoms with Crippen molar-refractivity contribution in [2.45, 2.75) is 45.4 Å². The van der Waals surface area contributed by atoms with Crippen LogP contribution in [0.1, 0.15) is 38.1 Å². The van der Waals surface area contributed by atoms with E-state index in [4.69, 9.17) is 10.5 Å². The van der Waals surface area contributed by atoms with E-state index in [0.29, 0.717) is 18.5 Å². The van der Waals surface area contributed by atoms with Gasteiger partial charge in [-0.1, -0.05) is 13.0 Å². The molecule has 3 N–H and O–H groups in total. The van der Waals surface area contributed by atoms with Crippen molar-refractivity contribution in [2.24, 2.45) is 10.7 Å². The van der Waals surface area contributed by atoms with Crippen LogP contribution in [0.4, 0.5) is 0 Å². The summed E-state index contributed by atoms with van der Waals surface area (Å²) < 4.78 is 5.66. The monoisotopic (exact) mass is 452 g/mol. The molecule has 0 bridgehead atoms. The summed E-state index contributed by atoms with van der Waals surface area (Å²) in [5, 5.41) is 5.35. The third-order valence-electron chi connectivity index (χ3n) is 4.03. The first kappa shape index (κ1) is 20.7. The molecule has 2 heterocycles. The number of thiophene rings is 1. The van der Waals surface area contributed by atoms with Crippen LogP contribution in [0.15, 0.2) is 22.5 Å². The topological polar surface area (TPSA) is 62.9 Å². The minimum Gasteiger partial charge on any atom is -0.376 e. The summed E-state index contributed by atoms with van der Waals surface area (Å²) in [5.74, 6) is 0.539. The lowest BCUT2D eigenvalue weighted by atomic mass is 10.1. The van der Waals surface area contributed by atoms with E-state index in [1.165, 1.54) is 4.88 Å². The number of nitrogens with one attached hydrogen (secondary N) is 1.